The molecule has 2 aromatic heterocycles. The van der Waals surface area contributed by atoms with Crippen LogP contribution in [0.5, 0.6) is 0 Å². The first-order valence-corrected chi connectivity index (χ1v) is 8.79. The molecule has 0 spiro atoms. The average Bonchev–Trinajstić information content (AvgIpc) is 3.07. The zero-order valence-electron chi connectivity index (χ0n) is 14.3. The van der Waals surface area contributed by atoms with Crippen LogP contribution in [0.25, 0.3) is 0 Å². The number of hydrogen-bond acceptors (Lipinski definition) is 2. The SMILES string of the molecule is CCNC(=NCc1cc(Cl)c(Cl)n1C)NCCCc1cn[nH]c1C. The standard InChI is InChI=1S/C16H24Cl2N6/c1-4-19-16(20-7-5-6-12-9-22-23-11(12)2)21-10-13-8-14(17)15(18)24(13)3/h8-9H,4-7,10H2,1-3H3,(H,22,23)(H2,19,20,21). The van der Waals surface area contributed by atoms with E-state index in [0.717, 1.165) is 43.3 Å². The van der Waals surface area contributed by atoms with E-state index in [4.69, 9.17) is 23.2 Å². The molecule has 2 heterocycles. The van der Waals surface area contributed by atoms with Gasteiger partial charge in [-0.25, -0.2) is 4.99 Å². The molecular weight excluding hydrogens is 347 g/mol. The van der Waals surface area contributed by atoms with E-state index in [1.54, 1.807) is 0 Å². The Kier molecular flexibility index (Phi) is 6.99. The fourth-order valence-corrected chi connectivity index (χ4v) is 2.77. The summed E-state index contributed by atoms with van der Waals surface area (Å²) >= 11 is 12.1. The van der Waals surface area contributed by atoms with Gasteiger partial charge in [0.1, 0.15) is 5.15 Å². The number of nitrogens with one attached hydrogen (secondary N) is 3. The number of rotatable bonds is 7. The maximum absolute atomic E-state index is 6.08. The highest BCUT2D eigenvalue weighted by Crippen LogP contribution is 2.25. The molecule has 0 saturated heterocycles. The first-order valence-electron chi connectivity index (χ1n) is 8.03. The number of halogens is 2. The van der Waals surface area contributed by atoms with Crippen molar-refractivity contribution in [1.82, 2.24) is 25.4 Å². The van der Waals surface area contributed by atoms with Crippen LogP contribution in [0.3, 0.4) is 0 Å². The lowest BCUT2D eigenvalue weighted by molar-refractivity contribution is 0.737. The summed E-state index contributed by atoms with van der Waals surface area (Å²) in [6.07, 6.45) is 3.88. The zero-order chi connectivity index (χ0) is 17.5. The molecule has 0 bridgehead atoms. The molecule has 0 aliphatic carbocycles. The van der Waals surface area contributed by atoms with E-state index >= 15 is 0 Å². The Labute approximate surface area is 152 Å². The van der Waals surface area contributed by atoms with Crippen LogP contribution in [0.15, 0.2) is 17.3 Å². The molecule has 2 aromatic rings. The Morgan fingerprint density at radius 1 is 1.38 bits per heavy atom. The Balaban J connectivity index is 1.86. The summed E-state index contributed by atoms with van der Waals surface area (Å²) in [6, 6.07) is 1.85. The summed E-state index contributed by atoms with van der Waals surface area (Å²) in [5, 5.41) is 14.7. The van der Waals surface area contributed by atoms with Crippen molar-refractivity contribution in [2.75, 3.05) is 13.1 Å². The fourth-order valence-electron chi connectivity index (χ4n) is 2.36. The Morgan fingerprint density at radius 3 is 2.75 bits per heavy atom. The lowest BCUT2D eigenvalue weighted by Crippen LogP contribution is -2.37. The Morgan fingerprint density at radius 2 is 2.17 bits per heavy atom. The summed E-state index contributed by atoms with van der Waals surface area (Å²) in [6.45, 7) is 6.24. The van der Waals surface area contributed by atoms with Crippen LogP contribution in [-0.4, -0.2) is 33.8 Å². The lowest BCUT2D eigenvalue weighted by Gasteiger charge is -2.11. The number of H-pyrrole nitrogens is 1. The fraction of sp³-hybridized carbons (Fsp3) is 0.500. The van der Waals surface area contributed by atoms with Crippen LogP contribution in [0.1, 0.15) is 30.3 Å². The number of hydrogen-bond donors (Lipinski definition) is 3. The van der Waals surface area contributed by atoms with E-state index in [1.807, 2.05) is 37.7 Å². The first-order chi connectivity index (χ1) is 11.5. The van der Waals surface area contributed by atoms with Gasteiger partial charge in [-0.3, -0.25) is 5.10 Å². The topological polar surface area (TPSA) is 70.0 Å². The van der Waals surface area contributed by atoms with Crippen LogP contribution >= 0.6 is 23.2 Å². The van der Waals surface area contributed by atoms with Gasteiger partial charge in [0.2, 0.25) is 0 Å². The summed E-state index contributed by atoms with van der Waals surface area (Å²) in [5.41, 5.74) is 3.36. The van der Waals surface area contributed by atoms with Gasteiger partial charge in [-0.05, 0) is 38.3 Å². The first kappa shape index (κ1) is 18.7. The van der Waals surface area contributed by atoms with Crippen LogP contribution in [0.2, 0.25) is 10.2 Å². The average molecular weight is 371 g/mol. The highest BCUT2D eigenvalue weighted by molar-refractivity contribution is 6.41. The minimum absolute atomic E-state index is 0.513. The summed E-state index contributed by atoms with van der Waals surface area (Å²) in [7, 11) is 1.88. The highest BCUT2D eigenvalue weighted by atomic mass is 35.5. The lowest BCUT2D eigenvalue weighted by atomic mass is 10.1. The normalized spacial score (nSPS) is 11.8. The van der Waals surface area contributed by atoms with Gasteiger partial charge in [-0.2, -0.15) is 5.10 Å². The second kappa shape index (κ2) is 8.99. The van der Waals surface area contributed by atoms with Crippen molar-refractivity contribution < 1.29 is 0 Å². The number of aromatic nitrogens is 3. The van der Waals surface area contributed by atoms with Gasteiger partial charge in [-0.1, -0.05) is 23.2 Å². The predicted molar refractivity (Wildman–Crippen MR) is 99.9 cm³/mol. The molecule has 2 rings (SSSR count). The Hall–Kier alpha value is -1.66. The number of guanidine groups is 1. The minimum atomic E-state index is 0.513. The van der Waals surface area contributed by atoms with Gasteiger partial charge >= 0.3 is 0 Å². The third-order valence-electron chi connectivity index (χ3n) is 3.81. The number of aliphatic imine (C=N–C) groups is 1. The second-order valence-electron chi connectivity index (χ2n) is 5.58. The molecule has 132 valence electrons. The van der Waals surface area contributed by atoms with Gasteiger partial charge in [0, 0.05) is 31.5 Å². The predicted octanol–water partition coefficient (Wildman–Crippen LogP) is 3.05. The van der Waals surface area contributed by atoms with Crippen molar-refractivity contribution in [2.45, 2.75) is 33.2 Å². The molecule has 0 saturated carbocycles. The van der Waals surface area contributed by atoms with E-state index in [9.17, 15) is 0 Å². The van der Waals surface area contributed by atoms with Crippen LogP contribution < -0.4 is 10.6 Å². The monoisotopic (exact) mass is 370 g/mol. The van der Waals surface area contributed by atoms with Gasteiger partial charge in [0.15, 0.2) is 5.96 Å². The molecular formula is C16H24Cl2N6. The molecule has 3 N–H and O–H groups in total. The molecule has 0 radical (unpaired) electrons. The summed E-state index contributed by atoms with van der Waals surface area (Å²) < 4.78 is 1.85. The second-order valence-corrected chi connectivity index (χ2v) is 6.34. The third kappa shape index (κ3) is 4.92. The number of aromatic amines is 1. The van der Waals surface area contributed by atoms with Crippen molar-refractivity contribution in [3.05, 3.63) is 39.4 Å². The molecule has 0 aromatic carbocycles. The third-order valence-corrected chi connectivity index (χ3v) is 4.65. The Bertz CT molecular complexity index is 689. The molecule has 8 heteroatoms. The van der Waals surface area contributed by atoms with Crippen LogP contribution in [0.4, 0.5) is 0 Å². The van der Waals surface area contributed by atoms with Crippen LogP contribution in [0, 0.1) is 6.92 Å². The largest absolute Gasteiger partial charge is 0.357 e. The summed E-state index contributed by atoms with van der Waals surface area (Å²) in [5.74, 6) is 0.787. The zero-order valence-corrected chi connectivity index (χ0v) is 15.8. The number of nitrogens with zero attached hydrogens (tertiary/aromatic N) is 3. The van der Waals surface area contributed by atoms with Crippen LogP contribution in [-0.2, 0) is 20.0 Å². The smallest absolute Gasteiger partial charge is 0.191 e. The van der Waals surface area contributed by atoms with Crippen molar-refractivity contribution in [3.8, 4) is 0 Å². The molecule has 24 heavy (non-hydrogen) atoms. The van der Waals surface area contributed by atoms with E-state index < -0.39 is 0 Å². The van der Waals surface area contributed by atoms with E-state index in [-0.39, 0.29) is 0 Å². The molecule has 0 fully saturated rings. The van der Waals surface area contributed by atoms with Gasteiger partial charge in [0.05, 0.1) is 17.8 Å². The van der Waals surface area contributed by atoms with Crippen molar-refractivity contribution >= 4 is 29.2 Å². The maximum Gasteiger partial charge on any atom is 0.191 e. The van der Waals surface area contributed by atoms with Gasteiger partial charge < -0.3 is 15.2 Å². The van der Waals surface area contributed by atoms with Crippen molar-refractivity contribution in [2.24, 2.45) is 12.0 Å². The molecule has 0 aliphatic rings. The molecule has 0 atom stereocenters. The minimum Gasteiger partial charge on any atom is -0.357 e. The quantitative estimate of drug-likeness (QED) is 0.398. The van der Waals surface area contributed by atoms with E-state index in [2.05, 4.69) is 25.8 Å². The highest BCUT2D eigenvalue weighted by Gasteiger charge is 2.08. The molecule has 0 amide bonds. The van der Waals surface area contributed by atoms with E-state index in [1.165, 1.54) is 5.56 Å². The van der Waals surface area contributed by atoms with Gasteiger partial charge in [-0.15, -0.1) is 0 Å². The van der Waals surface area contributed by atoms with Crippen molar-refractivity contribution in [3.63, 3.8) is 0 Å². The summed E-state index contributed by atoms with van der Waals surface area (Å²) in [4.78, 5) is 4.59. The van der Waals surface area contributed by atoms with Gasteiger partial charge in [0.25, 0.3) is 0 Å². The van der Waals surface area contributed by atoms with E-state index in [0.29, 0.717) is 16.7 Å². The molecule has 0 aliphatic heterocycles. The number of aryl methyl sites for hydroxylation is 2. The molecule has 0 unspecified atom stereocenters. The maximum atomic E-state index is 6.08. The van der Waals surface area contributed by atoms with Crippen molar-refractivity contribution in [1.29, 1.82) is 0 Å². The molecule has 6 nitrogen and oxygen atoms in total.